The van der Waals surface area contributed by atoms with Gasteiger partial charge in [0.05, 0.1) is 5.69 Å². The molecule has 1 aromatic rings. The highest BCUT2D eigenvalue weighted by Gasteiger charge is 2.21. The number of thiazole rings is 1. The molecule has 1 aromatic heterocycles. The Balaban J connectivity index is 1.65. The number of aromatic nitrogens is 1. The van der Waals surface area contributed by atoms with Gasteiger partial charge in [0.25, 0.3) is 0 Å². The largest absolute Gasteiger partial charge is 0.348 e. The van der Waals surface area contributed by atoms with Crippen molar-refractivity contribution in [2.45, 2.75) is 71.4 Å². The summed E-state index contributed by atoms with van der Waals surface area (Å²) >= 11 is 1.93. The first-order valence-corrected chi connectivity index (χ1v) is 9.54. The maximum atomic E-state index is 4.94. The number of anilines is 1. The van der Waals surface area contributed by atoms with Crippen molar-refractivity contribution in [3.63, 3.8) is 0 Å². The lowest BCUT2D eigenvalue weighted by Crippen LogP contribution is -2.34. The summed E-state index contributed by atoms with van der Waals surface area (Å²) < 4.78 is 0. The molecule has 1 saturated heterocycles. The van der Waals surface area contributed by atoms with Crippen LogP contribution in [0.25, 0.3) is 0 Å². The van der Waals surface area contributed by atoms with Crippen molar-refractivity contribution < 1.29 is 0 Å². The minimum Gasteiger partial charge on any atom is -0.348 e. The van der Waals surface area contributed by atoms with Gasteiger partial charge in [-0.15, -0.1) is 11.3 Å². The van der Waals surface area contributed by atoms with E-state index in [1.165, 1.54) is 67.3 Å². The number of hydrogen-bond donors (Lipinski definition) is 1. The van der Waals surface area contributed by atoms with Gasteiger partial charge >= 0.3 is 0 Å². The smallest absolute Gasteiger partial charge is 0.185 e. The van der Waals surface area contributed by atoms with Crippen molar-refractivity contribution in [1.29, 1.82) is 0 Å². The van der Waals surface area contributed by atoms with E-state index in [1.807, 2.05) is 11.3 Å². The van der Waals surface area contributed by atoms with Gasteiger partial charge in [0.1, 0.15) is 0 Å². The number of nitrogens with one attached hydrogen (secondary N) is 1. The van der Waals surface area contributed by atoms with Crippen LogP contribution in [0, 0.1) is 5.92 Å². The summed E-state index contributed by atoms with van der Waals surface area (Å²) in [5.41, 5.74) is 1.32. The molecule has 1 N–H and O–H groups in total. The van der Waals surface area contributed by atoms with Crippen LogP contribution in [0.2, 0.25) is 0 Å². The SMILES string of the molecule is CCc1nc(N2CCCC(C)C2)sc1CNC1CCCC1. The summed E-state index contributed by atoms with van der Waals surface area (Å²) in [7, 11) is 0. The lowest BCUT2D eigenvalue weighted by Gasteiger charge is -2.30. The summed E-state index contributed by atoms with van der Waals surface area (Å²) in [6.07, 6.45) is 9.27. The van der Waals surface area contributed by atoms with Crippen LogP contribution in [0.5, 0.6) is 0 Å². The Morgan fingerprint density at radius 2 is 2.05 bits per heavy atom. The molecule has 0 spiro atoms. The van der Waals surface area contributed by atoms with E-state index < -0.39 is 0 Å². The van der Waals surface area contributed by atoms with Gasteiger partial charge in [-0.3, -0.25) is 0 Å². The van der Waals surface area contributed by atoms with Crippen molar-refractivity contribution >= 4 is 16.5 Å². The Morgan fingerprint density at radius 3 is 2.76 bits per heavy atom. The average Bonchev–Trinajstić information content (AvgIpc) is 3.14. The third-order valence-electron chi connectivity index (χ3n) is 4.94. The minimum atomic E-state index is 0.746. The number of aryl methyl sites for hydroxylation is 1. The molecule has 2 aliphatic rings. The zero-order valence-corrected chi connectivity index (χ0v) is 14.3. The van der Waals surface area contributed by atoms with Crippen molar-refractivity contribution in [3.05, 3.63) is 10.6 Å². The Morgan fingerprint density at radius 1 is 1.24 bits per heavy atom. The van der Waals surface area contributed by atoms with E-state index in [4.69, 9.17) is 4.98 Å². The Bertz CT molecular complexity index is 451. The highest BCUT2D eigenvalue weighted by atomic mass is 32.1. The molecule has 0 radical (unpaired) electrons. The third-order valence-corrected chi connectivity index (χ3v) is 6.09. The average molecular weight is 308 g/mol. The quantitative estimate of drug-likeness (QED) is 0.892. The van der Waals surface area contributed by atoms with Crippen LogP contribution >= 0.6 is 11.3 Å². The van der Waals surface area contributed by atoms with Gasteiger partial charge in [-0.25, -0.2) is 4.98 Å². The fraction of sp³-hybridized carbons (Fsp3) is 0.824. The van der Waals surface area contributed by atoms with Crippen molar-refractivity contribution in [2.75, 3.05) is 18.0 Å². The second-order valence-electron chi connectivity index (χ2n) is 6.78. The van der Waals surface area contributed by atoms with Crippen LogP contribution in [0.4, 0.5) is 5.13 Å². The molecule has 21 heavy (non-hydrogen) atoms. The first-order chi connectivity index (χ1) is 10.3. The molecule has 2 fully saturated rings. The van der Waals surface area contributed by atoms with Crippen LogP contribution in [0.3, 0.4) is 0 Å². The van der Waals surface area contributed by atoms with Crippen molar-refractivity contribution in [1.82, 2.24) is 10.3 Å². The lowest BCUT2D eigenvalue weighted by atomic mass is 10.0. The minimum absolute atomic E-state index is 0.746. The Kier molecular flexibility index (Phi) is 5.17. The van der Waals surface area contributed by atoms with E-state index in [1.54, 1.807) is 0 Å². The third kappa shape index (κ3) is 3.78. The van der Waals surface area contributed by atoms with Gasteiger partial charge in [-0.1, -0.05) is 26.7 Å². The van der Waals surface area contributed by atoms with E-state index in [0.717, 1.165) is 24.9 Å². The molecule has 1 aliphatic heterocycles. The number of hydrogen-bond acceptors (Lipinski definition) is 4. The van der Waals surface area contributed by atoms with Crippen molar-refractivity contribution in [2.24, 2.45) is 5.92 Å². The highest BCUT2D eigenvalue weighted by Crippen LogP contribution is 2.30. The van der Waals surface area contributed by atoms with Gasteiger partial charge in [0.15, 0.2) is 5.13 Å². The first-order valence-electron chi connectivity index (χ1n) is 8.73. The van der Waals surface area contributed by atoms with Crippen molar-refractivity contribution in [3.8, 4) is 0 Å². The zero-order valence-electron chi connectivity index (χ0n) is 13.5. The lowest BCUT2D eigenvalue weighted by molar-refractivity contribution is 0.446. The Labute approximate surface area is 133 Å². The van der Waals surface area contributed by atoms with E-state index in [0.29, 0.717) is 0 Å². The predicted octanol–water partition coefficient (Wildman–Crippen LogP) is 3.97. The normalized spacial score (nSPS) is 23.9. The van der Waals surface area contributed by atoms with E-state index in [-0.39, 0.29) is 0 Å². The van der Waals surface area contributed by atoms with E-state index in [9.17, 15) is 0 Å². The summed E-state index contributed by atoms with van der Waals surface area (Å²) in [6, 6.07) is 0.746. The second-order valence-corrected chi connectivity index (χ2v) is 7.84. The molecule has 0 aromatic carbocycles. The van der Waals surface area contributed by atoms with Gasteiger partial charge in [0, 0.05) is 30.6 Å². The van der Waals surface area contributed by atoms with Gasteiger partial charge in [-0.05, 0) is 38.0 Å². The van der Waals surface area contributed by atoms with Gasteiger partial charge < -0.3 is 10.2 Å². The summed E-state index contributed by atoms with van der Waals surface area (Å²) in [4.78, 5) is 8.92. The molecular formula is C17H29N3S. The first kappa shape index (κ1) is 15.3. The maximum absolute atomic E-state index is 4.94. The molecule has 3 rings (SSSR count). The number of rotatable bonds is 5. The van der Waals surface area contributed by atoms with E-state index >= 15 is 0 Å². The van der Waals surface area contributed by atoms with Crippen LogP contribution in [-0.4, -0.2) is 24.1 Å². The molecule has 3 nitrogen and oxygen atoms in total. The molecule has 2 heterocycles. The zero-order chi connectivity index (χ0) is 14.7. The summed E-state index contributed by atoms with van der Waals surface area (Å²) in [6.45, 7) is 8.00. The number of piperidine rings is 1. The second kappa shape index (κ2) is 7.10. The predicted molar refractivity (Wildman–Crippen MR) is 91.2 cm³/mol. The maximum Gasteiger partial charge on any atom is 0.185 e. The molecule has 1 atom stereocenters. The topological polar surface area (TPSA) is 28.2 Å². The fourth-order valence-corrected chi connectivity index (χ4v) is 4.78. The highest BCUT2D eigenvalue weighted by molar-refractivity contribution is 7.15. The fourth-order valence-electron chi connectivity index (χ4n) is 3.65. The molecule has 4 heteroatoms. The van der Waals surface area contributed by atoms with Crippen LogP contribution in [0.1, 0.15) is 62.9 Å². The summed E-state index contributed by atoms with van der Waals surface area (Å²) in [5, 5.41) is 5.01. The molecule has 118 valence electrons. The molecule has 1 aliphatic carbocycles. The standard InChI is InChI=1S/C17H29N3S/c1-3-15-16(11-18-14-8-4-5-9-14)21-17(19-15)20-10-6-7-13(2)12-20/h13-14,18H,3-12H2,1-2H3. The number of nitrogens with zero attached hydrogens (tertiary/aromatic N) is 2. The molecule has 1 saturated carbocycles. The summed E-state index contributed by atoms with van der Waals surface area (Å²) in [5.74, 6) is 0.813. The van der Waals surface area contributed by atoms with E-state index in [2.05, 4.69) is 24.1 Å². The molecule has 0 bridgehead atoms. The van der Waals surface area contributed by atoms with Crippen LogP contribution < -0.4 is 10.2 Å². The Hall–Kier alpha value is -0.610. The molecular weight excluding hydrogens is 278 g/mol. The van der Waals surface area contributed by atoms with Gasteiger partial charge in [-0.2, -0.15) is 0 Å². The molecule has 1 unspecified atom stereocenters. The monoisotopic (exact) mass is 307 g/mol. The van der Waals surface area contributed by atoms with Crippen LogP contribution in [0.15, 0.2) is 0 Å². The van der Waals surface area contributed by atoms with Crippen LogP contribution in [-0.2, 0) is 13.0 Å². The molecule has 0 amide bonds. The van der Waals surface area contributed by atoms with Gasteiger partial charge in [0.2, 0.25) is 0 Å².